The highest BCUT2D eigenvalue weighted by molar-refractivity contribution is 5.66. The third-order valence-corrected chi connectivity index (χ3v) is 8.46. The van der Waals surface area contributed by atoms with Crippen molar-refractivity contribution in [1.82, 2.24) is 0 Å². The van der Waals surface area contributed by atoms with E-state index in [4.69, 9.17) is 9.47 Å². The lowest BCUT2D eigenvalue weighted by molar-refractivity contribution is -0.159. The number of carbonyl (C=O) groups is 2. The van der Waals surface area contributed by atoms with Crippen LogP contribution in [0.15, 0.2) is 0 Å². The van der Waals surface area contributed by atoms with Crippen LogP contribution in [0.2, 0.25) is 0 Å². The lowest BCUT2D eigenvalue weighted by atomic mass is 9.50. The molecule has 4 rings (SSSR count). The zero-order valence-corrected chi connectivity index (χ0v) is 16.5. The fourth-order valence-corrected chi connectivity index (χ4v) is 7.50. The van der Waals surface area contributed by atoms with Crippen LogP contribution in [0.4, 0.5) is 0 Å². The van der Waals surface area contributed by atoms with E-state index in [0.717, 1.165) is 48.9 Å². The van der Waals surface area contributed by atoms with E-state index in [9.17, 15) is 9.59 Å². The Hall–Kier alpha value is -1.06. The molecular formula is C22H34O4. The minimum atomic E-state index is -0.127. The Morgan fingerprint density at radius 2 is 1.54 bits per heavy atom. The zero-order chi connectivity index (χ0) is 18.5. The van der Waals surface area contributed by atoms with Gasteiger partial charge in [-0.3, -0.25) is 9.59 Å². The number of fused-ring (bicyclic) bond motifs is 5. The average molecular weight is 363 g/mol. The molecule has 4 aliphatic rings. The molecule has 0 heterocycles. The molecule has 0 aromatic carbocycles. The average Bonchev–Trinajstić information content (AvgIpc) is 2.90. The Bertz CT molecular complexity index is 572. The Kier molecular flexibility index (Phi) is 4.81. The predicted molar refractivity (Wildman–Crippen MR) is 98.2 cm³/mol. The molecule has 4 saturated carbocycles. The standard InChI is InChI=1S/C22H34O4/c1-13(23)25-16-5-7-17-15(12-16)4-6-19-18(17)10-11-22(3)20(19)8-9-21(22)26-14(2)24/h15-21H,4-12H2,1-3H3/t15?,16?,17?,18?,19?,20?,21-,22-/m0/s1. The zero-order valence-electron chi connectivity index (χ0n) is 16.5. The minimum absolute atomic E-state index is 0.119. The van der Waals surface area contributed by atoms with Crippen molar-refractivity contribution in [2.45, 2.75) is 90.8 Å². The van der Waals surface area contributed by atoms with E-state index < -0.39 is 0 Å². The monoisotopic (exact) mass is 362 g/mol. The Morgan fingerprint density at radius 1 is 0.808 bits per heavy atom. The molecule has 0 amide bonds. The highest BCUT2D eigenvalue weighted by atomic mass is 16.5. The predicted octanol–water partition coefficient (Wildman–Crippen LogP) is 4.50. The van der Waals surface area contributed by atoms with Gasteiger partial charge in [0, 0.05) is 19.3 Å². The van der Waals surface area contributed by atoms with E-state index in [-0.39, 0.29) is 29.6 Å². The van der Waals surface area contributed by atoms with Crippen LogP contribution in [0.1, 0.15) is 78.6 Å². The van der Waals surface area contributed by atoms with Crippen molar-refractivity contribution in [2.24, 2.45) is 35.0 Å². The summed E-state index contributed by atoms with van der Waals surface area (Å²) in [6.45, 7) is 5.47. The molecule has 0 N–H and O–H groups in total. The molecule has 0 radical (unpaired) electrons. The molecule has 146 valence electrons. The Labute approximate surface area is 157 Å². The van der Waals surface area contributed by atoms with Gasteiger partial charge in [0.05, 0.1) is 0 Å². The maximum absolute atomic E-state index is 11.5. The van der Waals surface area contributed by atoms with E-state index in [1.807, 2.05) is 0 Å². The van der Waals surface area contributed by atoms with E-state index in [2.05, 4.69) is 6.92 Å². The normalized spacial score (nSPS) is 47.3. The van der Waals surface area contributed by atoms with Crippen LogP contribution in [0.25, 0.3) is 0 Å². The van der Waals surface area contributed by atoms with Gasteiger partial charge in [-0.1, -0.05) is 6.92 Å². The topological polar surface area (TPSA) is 52.6 Å². The summed E-state index contributed by atoms with van der Waals surface area (Å²) in [6.07, 6.45) is 11.0. The maximum atomic E-state index is 11.5. The molecule has 4 heteroatoms. The van der Waals surface area contributed by atoms with Gasteiger partial charge in [0.1, 0.15) is 12.2 Å². The Balaban J connectivity index is 1.45. The summed E-state index contributed by atoms with van der Waals surface area (Å²) < 4.78 is 11.3. The molecule has 0 bridgehead atoms. The molecule has 26 heavy (non-hydrogen) atoms. The molecule has 0 aliphatic heterocycles. The molecular weight excluding hydrogens is 328 g/mol. The minimum Gasteiger partial charge on any atom is -0.463 e. The van der Waals surface area contributed by atoms with Crippen molar-refractivity contribution >= 4 is 11.9 Å². The fourth-order valence-electron chi connectivity index (χ4n) is 7.50. The van der Waals surface area contributed by atoms with Crippen LogP contribution in [0.5, 0.6) is 0 Å². The smallest absolute Gasteiger partial charge is 0.302 e. The first-order chi connectivity index (χ1) is 12.4. The van der Waals surface area contributed by atoms with Gasteiger partial charge in [0.15, 0.2) is 0 Å². The molecule has 0 aromatic rings. The van der Waals surface area contributed by atoms with Gasteiger partial charge in [-0.2, -0.15) is 0 Å². The Morgan fingerprint density at radius 3 is 2.27 bits per heavy atom. The number of hydrogen-bond donors (Lipinski definition) is 0. The summed E-state index contributed by atoms with van der Waals surface area (Å²) in [4.78, 5) is 22.8. The summed E-state index contributed by atoms with van der Waals surface area (Å²) in [5, 5.41) is 0. The van der Waals surface area contributed by atoms with Crippen molar-refractivity contribution < 1.29 is 19.1 Å². The summed E-state index contributed by atoms with van der Waals surface area (Å²) in [5.74, 6) is 3.67. The number of carbonyl (C=O) groups excluding carboxylic acids is 2. The molecule has 4 aliphatic carbocycles. The van der Waals surface area contributed by atoms with Gasteiger partial charge < -0.3 is 9.47 Å². The van der Waals surface area contributed by atoms with Gasteiger partial charge in [0.25, 0.3) is 0 Å². The molecule has 6 unspecified atom stereocenters. The number of esters is 2. The summed E-state index contributed by atoms with van der Waals surface area (Å²) >= 11 is 0. The van der Waals surface area contributed by atoms with Crippen LogP contribution in [-0.2, 0) is 19.1 Å². The maximum Gasteiger partial charge on any atom is 0.302 e. The first-order valence-electron chi connectivity index (χ1n) is 10.7. The summed E-state index contributed by atoms with van der Waals surface area (Å²) in [6, 6.07) is 0. The molecule has 0 aromatic heterocycles. The van der Waals surface area contributed by atoms with E-state index in [1.54, 1.807) is 6.92 Å². The van der Waals surface area contributed by atoms with Gasteiger partial charge in [-0.25, -0.2) is 0 Å². The second kappa shape index (κ2) is 6.83. The van der Waals surface area contributed by atoms with Crippen molar-refractivity contribution in [3.05, 3.63) is 0 Å². The van der Waals surface area contributed by atoms with Gasteiger partial charge in [0.2, 0.25) is 0 Å². The number of hydrogen-bond acceptors (Lipinski definition) is 4. The third kappa shape index (κ3) is 3.07. The van der Waals surface area contributed by atoms with Crippen LogP contribution >= 0.6 is 0 Å². The summed E-state index contributed by atoms with van der Waals surface area (Å²) in [5.41, 5.74) is 0.189. The lowest BCUT2D eigenvalue weighted by Gasteiger charge is -2.55. The molecule has 0 spiro atoms. The first-order valence-corrected chi connectivity index (χ1v) is 10.7. The highest BCUT2D eigenvalue weighted by Gasteiger charge is 2.58. The van der Waals surface area contributed by atoms with Crippen LogP contribution in [0.3, 0.4) is 0 Å². The van der Waals surface area contributed by atoms with Gasteiger partial charge in [-0.15, -0.1) is 0 Å². The van der Waals surface area contributed by atoms with E-state index >= 15 is 0 Å². The molecule has 4 fully saturated rings. The fraction of sp³-hybridized carbons (Fsp3) is 0.909. The second-order valence-corrected chi connectivity index (χ2v) is 9.70. The van der Waals surface area contributed by atoms with E-state index in [0.29, 0.717) is 0 Å². The third-order valence-electron chi connectivity index (χ3n) is 8.46. The first kappa shape index (κ1) is 18.3. The number of ether oxygens (including phenoxy) is 2. The van der Waals surface area contributed by atoms with Gasteiger partial charge >= 0.3 is 11.9 Å². The highest BCUT2D eigenvalue weighted by Crippen LogP contribution is 2.63. The van der Waals surface area contributed by atoms with Crippen molar-refractivity contribution in [3.8, 4) is 0 Å². The second-order valence-electron chi connectivity index (χ2n) is 9.70. The summed E-state index contributed by atoms with van der Waals surface area (Å²) in [7, 11) is 0. The number of rotatable bonds is 2. The van der Waals surface area contributed by atoms with Crippen LogP contribution in [0, 0.1) is 35.0 Å². The van der Waals surface area contributed by atoms with Crippen LogP contribution < -0.4 is 0 Å². The van der Waals surface area contributed by atoms with Crippen molar-refractivity contribution in [2.75, 3.05) is 0 Å². The van der Waals surface area contributed by atoms with Crippen LogP contribution in [-0.4, -0.2) is 24.1 Å². The van der Waals surface area contributed by atoms with E-state index in [1.165, 1.54) is 45.4 Å². The molecule has 8 atom stereocenters. The molecule has 4 nitrogen and oxygen atoms in total. The largest absolute Gasteiger partial charge is 0.463 e. The SMILES string of the molecule is CC(=O)OC1CCC2C(CCC3C2CC[C@@]2(C)C3CC[C@@H]2OC(C)=O)C1. The molecule has 0 saturated heterocycles. The van der Waals surface area contributed by atoms with Crippen molar-refractivity contribution in [3.63, 3.8) is 0 Å². The quantitative estimate of drug-likeness (QED) is 0.679. The lowest BCUT2D eigenvalue weighted by Crippen LogP contribution is -2.50. The van der Waals surface area contributed by atoms with Gasteiger partial charge in [-0.05, 0) is 87.4 Å². The van der Waals surface area contributed by atoms with Crippen molar-refractivity contribution in [1.29, 1.82) is 0 Å².